The summed E-state index contributed by atoms with van der Waals surface area (Å²) in [5, 5.41) is 7.09. The Morgan fingerprint density at radius 3 is 2.54 bits per heavy atom. The topological polar surface area (TPSA) is 56.1 Å². The summed E-state index contributed by atoms with van der Waals surface area (Å²) in [6.07, 6.45) is 0. The highest BCUT2D eigenvalue weighted by molar-refractivity contribution is 5.86. The van der Waals surface area contributed by atoms with E-state index in [-0.39, 0.29) is 5.56 Å². The van der Waals surface area contributed by atoms with E-state index in [1.54, 1.807) is 26.2 Å². The van der Waals surface area contributed by atoms with Crippen LogP contribution in [0.4, 0.5) is 13.6 Å². The van der Waals surface area contributed by atoms with Gasteiger partial charge in [-0.3, -0.25) is 0 Å². The summed E-state index contributed by atoms with van der Waals surface area (Å²) in [5.41, 5.74) is 2.53. The quantitative estimate of drug-likeness (QED) is 0.777. The van der Waals surface area contributed by atoms with Crippen LogP contribution in [0.5, 0.6) is 5.75 Å². The Bertz CT molecular complexity index is 1010. The number of carbonyl (C=O) groups is 1. The monoisotopic (exact) mass is 355 g/mol. The summed E-state index contributed by atoms with van der Waals surface area (Å²) in [5.74, 6) is -0.669. The molecule has 0 fully saturated rings. The number of hydrogen-bond donors (Lipinski definition) is 1. The second-order valence-corrected chi connectivity index (χ2v) is 6.04. The molecule has 132 valence electrons. The minimum atomic E-state index is -0.697. The van der Waals surface area contributed by atoms with Crippen LogP contribution < -0.4 is 10.1 Å². The maximum absolute atomic E-state index is 14.4. The standard InChI is InChI=1S/C19H15F2N3O2/c1-10-16(14-8-5-12(20)9-15(14)21)18-17(22-19(25)24(18)23-10)11-3-6-13(26-2)7-4-11/h3-9,17H,1-2H3,(H,22,25). The molecule has 0 radical (unpaired) electrons. The molecule has 0 bridgehead atoms. The Morgan fingerprint density at radius 2 is 1.88 bits per heavy atom. The number of rotatable bonds is 3. The number of hydrogen-bond acceptors (Lipinski definition) is 3. The average molecular weight is 355 g/mol. The van der Waals surface area contributed by atoms with Crippen molar-refractivity contribution in [3.63, 3.8) is 0 Å². The van der Waals surface area contributed by atoms with Crippen molar-refractivity contribution in [2.24, 2.45) is 0 Å². The Hall–Kier alpha value is -3.22. The Labute approximate surface area is 148 Å². The predicted octanol–water partition coefficient (Wildman–Crippen LogP) is 3.81. The van der Waals surface area contributed by atoms with Crippen molar-refractivity contribution in [3.8, 4) is 16.9 Å². The van der Waals surface area contributed by atoms with E-state index in [1.807, 2.05) is 12.1 Å². The predicted molar refractivity (Wildman–Crippen MR) is 91.1 cm³/mol. The van der Waals surface area contributed by atoms with E-state index in [2.05, 4.69) is 10.4 Å². The Balaban J connectivity index is 1.89. The van der Waals surface area contributed by atoms with Crippen molar-refractivity contribution < 1.29 is 18.3 Å². The van der Waals surface area contributed by atoms with Gasteiger partial charge in [0.2, 0.25) is 0 Å². The van der Waals surface area contributed by atoms with E-state index in [9.17, 15) is 13.6 Å². The number of methoxy groups -OCH3 is 1. The highest BCUT2D eigenvalue weighted by atomic mass is 19.1. The van der Waals surface area contributed by atoms with Crippen molar-refractivity contribution in [1.29, 1.82) is 0 Å². The van der Waals surface area contributed by atoms with Gasteiger partial charge in [-0.1, -0.05) is 12.1 Å². The summed E-state index contributed by atoms with van der Waals surface area (Å²) in [4.78, 5) is 12.3. The third kappa shape index (κ3) is 2.44. The first kappa shape index (κ1) is 16.3. The fourth-order valence-corrected chi connectivity index (χ4v) is 3.28. The molecule has 1 aliphatic heterocycles. The summed E-state index contributed by atoms with van der Waals surface area (Å²) >= 11 is 0. The van der Waals surface area contributed by atoms with Gasteiger partial charge in [-0.2, -0.15) is 9.78 Å². The molecule has 2 aromatic carbocycles. The molecule has 7 heteroatoms. The molecule has 1 aromatic heterocycles. The van der Waals surface area contributed by atoms with Crippen molar-refractivity contribution >= 4 is 6.03 Å². The molecular formula is C19H15F2N3O2. The largest absolute Gasteiger partial charge is 0.497 e. The lowest BCUT2D eigenvalue weighted by atomic mass is 9.95. The van der Waals surface area contributed by atoms with Gasteiger partial charge in [0.15, 0.2) is 0 Å². The van der Waals surface area contributed by atoms with E-state index in [1.165, 1.54) is 16.8 Å². The van der Waals surface area contributed by atoms with Gasteiger partial charge < -0.3 is 10.1 Å². The highest BCUT2D eigenvalue weighted by Crippen LogP contribution is 2.38. The number of aromatic nitrogens is 2. The van der Waals surface area contributed by atoms with E-state index in [0.29, 0.717) is 22.7 Å². The average Bonchev–Trinajstić information content (AvgIpc) is 3.12. The highest BCUT2D eigenvalue weighted by Gasteiger charge is 2.36. The van der Waals surface area contributed by atoms with Crippen LogP contribution in [-0.2, 0) is 0 Å². The zero-order valence-corrected chi connectivity index (χ0v) is 14.1. The number of benzene rings is 2. The number of halogens is 2. The van der Waals surface area contributed by atoms with Gasteiger partial charge in [-0.15, -0.1) is 0 Å². The van der Waals surface area contributed by atoms with Crippen molar-refractivity contribution in [3.05, 3.63) is 71.1 Å². The lowest BCUT2D eigenvalue weighted by molar-refractivity contribution is 0.243. The van der Waals surface area contributed by atoms with Gasteiger partial charge in [-0.25, -0.2) is 13.6 Å². The first-order valence-electron chi connectivity index (χ1n) is 7.99. The fourth-order valence-electron chi connectivity index (χ4n) is 3.28. The SMILES string of the molecule is COc1ccc(C2NC(=O)n3nc(C)c(-c4ccc(F)cc4F)c32)cc1. The minimum Gasteiger partial charge on any atom is -0.497 e. The smallest absolute Gasteiger partial charge is 0.343 e. The van der Waals surface area contributed by atoms with E-state index in [4.69, 9.17) is 4.74 Å². The zero-order chi connectivity index (χ0) is 18.4. The van der Waals surface area contributed by atoms with Gasteiger partial charge in [0.25, 0.3) is 0 Å². The van der Waals surface area contributed by atoms with Crippen LogP contribution in [0.25, 0.3) is 11.1 Å². The van der Waals surface area contributed by atoms with E-state index < -0.39 is 23.7 Å². The molecule has 3 aromatic rings. The number of nitrogens with zero attached hydrogens (tertiary/aromatic N) is 2. The molecule has 2 heterocycles. The molecule has 0 saturated heterocycles. The second kappa shape index (κ2) is 5.94. The Morgan fingerprint density at radius 1 is 1.15 bits per heavy atom. The first-order valence-corrected chi connectivity index (χ1v) is 7.99. The minimum absolute atomic E-state index is 0.208. The van der Waals surface area contributed by atoms with E-state index >= 15 is 0 Å². The molecule has 1 amide bonds. The number of amides is 1. The maximum Gasteiger partial charge on any atom is 0.343 e. The molecule has 5 nitrogen and oxygen atoms in total. The van der Waals surface area contributed by atoms with Crippen LogP contribution in [0, 0.1) is 18.6 Å². The van der Waals surface area contributed by atoms with Gasteiger partial charge in [-0.05, 0) is 36.8 Å². The second-order valence-electron chi connectivity index (χ2n) is 6.04. The van der Waals surface area contributed by atoms with Gasteiger partial charge >= 0.3 is 6.03 Å². The number of nitrogens with one attached hydrogen (secondary N) is 1. The number of ether oxygens (including phenoxy) is 1. The van der Waals surface area contributed by atoms with Crippen LogP contribution in [-0.4, -0.2) is 22.9 Å². The maximum atomic E-state index is 14.4. The molecule has 0 spiro atoms. The molecular weight excluding hydrogens is 340 g/mol. The van der Waals surface area contributed by atoms with Gasteiger partial charge in [0.1, 0.15) is 17.4 Å². The van der Waals surface area contributed by atoms with Gasteiger partial charge in [0.05, 0.1) is 24.5 Å². The van der Waals surface area contributed by atoms with Crippen molar-refractivity contribution in [1.82, 2.24) is 15.1 Å². The summed E-state index contributed by atoms with van der Waals surface area (Å²) in [6.45, 7) is 1.70. The van der Waals surface area contributed by atoms with E-state index in [0.717, 1.165) is 11.6 Å². The van der Waals surface area contributed by atoms with Crippen LogP contribution in [0.1, 0.15) is 23.0 Å². The molecule has 26 heavy (non-hydrogen) atoms. The molecule has 1 atom stereocenters. The van der Waals surface area contributed by atoms with Crippen LogP contribution >= 0.6 is 0 Å². The molecule has 1 aliphatic rings. The number of aryl methyl sites for hydroxylation is 1. The summed E-state index contributed by atoms with van der Waals surface area (Å²) in [6, 6.07) is 9.71. The van der Waals surface area contributed by atoms with Crippen molar-refractivity contribution in [2.45, 2.75) is 13.0 Å². The Kier molecular flexibility index (Phi) is 3.72. The van der Waals surface area contributed by atoms with Gasteiger partial charge in [0, 0.05) is 17.2 Å². The fraction of sp³-hybridized carbons (Fsp3) is 0.158. The van der Waals surface area contributed by atoms with Crippen LogP contribution in [0.15, 0.2) is 42.5 Å². The molecule has 4 rings (SSSR count). The normalized spacial score (nSPS) is 15.7. The first-order chi connectivity index (χ1) is 12.5. The lowest BCUT2D eigenvalue weighted by Gasteiger charge is -2.14. The van der Waals surface area contributed by atoms with Crippen LogP contribution in [0.2, 0.25) is 0 Å². The van der Waals surface area contributed by atoms with Crippen molar-refractivity contribution in [2.75, 3.05) is 7.11 Å². The third-order valence-corrected chi connectivity index (χ3v) is 4.48. The molecule has 0 aliphatic carbocycles. The zero-order valence-electron chi connectivity index (χ0n) is 14.1. The molecule has 1 N–H and O–H groups in total. The molecule has 0 saturated carbocycles. The lowest BCUT2D eigenvalue weighted by Crippen LogP contribution is -2.23. The summed E-state index contributed by atoms with van der Waals surface area (Å²) in [7, 11) is 1.57. The van der Waals surface area contributed by atoms with Crippen LogP contribution in [0.3, 0.4) is 0 Å². The molecule has 1 unspecified atom stereocenters. The number of carbonyl (C=O) groups excluding carboxylic acids is 1. The number of fused-ring (bicyclic) bond motifs is 1. The third-order valence-electron chi connectivity index (χ3n) is 4.48. The summed E-state index contributed by atoms with van der Waals surface area (Å²) < 4.78 is 34.1.